The van der Waals surface area contributed by atoms with Gasteiger partial charge in [0.25, 0.3) is 0 Å². The molecule has 0 aromatic heterocycles. The molecule has 0 amide bonds. The molecule has 3 N–H and O–H groups in total. The number of Topliss-reactive ketones (excluding diaryl/α,β-unsaturated/α-hetero) is 1. The summed E-state index contributed by atoms with van der Waals surface area (Å²) in [4.78, 5) is 12.7. The zero-order valence-electron chi connectivity index (χ0n) is 15.0. The van der Waals surface area contributed by atoms with Crippen molar-refractivity contribution in [3.05, 3.63) is 12.2 Å². The first-order chi connectivity index (χ1) is 11.1. The van der Waals surface area contributed by atoms with Crippen LogP contribution in [-0.2, 0) is 4.79 Å². The summed E-state index contributed by atoms with van der Waals surface area (Å²) in [5.41, 5.74) is -0.458. The molecular weight excluding hydrogens is 304 g/mol. The first-order valence-electron chi connectivity index (χ1n) is 9.34. The van der Waals surface area contributed by atoms with Crippen LogP contribution in [0.1, 0.15) is 52.9 Å². The van der Waals surface area contributed by atoms with Gasteiger partial charge in [-0.3, -0.25) is 4.79 Å². The molecule has 4 fully saturated rings. The molecule has 4 rings (SSSR count). The van der Waals surface area contributed by atoms with Gasteiger partial charge in [-0.15, -0.1) is 0 Å². The lowest BCUT2D eigenvalue weighted by atomic mass is 9.40. The fourth-order valence-corrected chi connectivity index (χ4v) is 7.38. The normalized spacial score (nSPS) is 55.9. The standard InChI is InChI=1S/C20H30O4/c1-10-15-11(21)9-13-19(4)7-6-14(22)18(2,3)12(19)5-8-20(13,16(10)23)17(15)24/h12-17,22-24H,1,5-9H2,2-4H3. The Balaban J connectivity index is 1.84. The van der Waals surface area contributed by atoms with Crippen molar-refractivity contribution in [3.8, 4) is 0 Å². The molecule has 0 aliphatic heterocycles. The molecule has 0 radical (unpaired) electrons. The van der Waals surface area contributed by atoms with Gasteiger partial charge in [-0.2, -0.15) is 0 Å². The fraction of sp³-hybridized carbons (Fsp3) is 0.850. The summed E-state index contributed by atoms with van der Waals surface area (Å²) in [6.45, 7) is 10.4. The van der Waals surface area contributed by atoms with Crippen LogP contribution in [0.4, 0.5) is 0 Å². The van der Waals surface area contributed by atoms with Crippen molar-refractivity contribution in [1.82, 2.24) is 0 Å². The molecule has 0 heterocycles. The van der Waals surface area contributed by atoms with E-state index >= 15 is 0 Å². The van der Waals surface area contributed by atoms with Crippen LogP contribution < -0.4 is 0 Å². The third kappa shape index (κ3) is 1.63. The van der Waals surface area contributed by atoms with Gasteiger partial charge in [-0.25, -0.2) is 0 Å². The average molecular weight is 334 g/mol. The SMILES string of the molecule is C=C1C2C(=O)CC3C4(C)CCC(O)C(C)(C)C4CCC3(C1O)C2O. The molecule has 4 aliphatic carbocycles. The Hall–Kier alpha value is -0.710. The van der Waals surface area contributed by atoms with Gasteiger partial charge in [0, 0.05) is 11.8 Å². The fourth-order valence-electron chi connectivity index (χ4n) is 7.38. The molecule has 1 spiro atoms. The van der Waals surface area contributed by atoms with Crippen molar-refractivity contribution in [2.45, 2.75) is 71.2 Å². The summed E-state index contributed by atoms with van der Waals surface area (Å²) >= 11 is 0. The number of carbonyl (C=O) groups excluding carboxylic acids is 1. The molecule has 4 aliphatic rings. The summed E-state index contributed by atoms with van der Waals surface area (Å²) in [5, 5.41) is 32.5. The minimum absolute atomic E-state index is 0.0375. The maximum Gasteiger partial charge on any atom is 0.143 e. The largest absolute Gasteiger partial charge is 0.393 e. The van der Waals surface area contributed by atoms with E-state index < -0.39 is 23.5 Å². The number of ketones is 1. The molecule has 4 saturated carbocycles. The monoisotopic (exact) mass is 334 g/mol. The van der Waals surface area contributed by atoms with E-state index in [0.717, 1.165) is 19.3 Å². The number of carbonyl (C=O) groups is 1. The first-order valence-corrected chi connectivity index (χ1v) is 9.34. The summed E-state index contributed by atoms with van der Waals surface area (Å²) in [5.74, 6) is -0.292. The smallest absolute Gasteiger partial charge is 0.143 e. The molecule has 134 valence electrons. The lowest BCUT2D eigenvalue weighted by Gasteiger charge is -2.65. The Kier molecular flexibility index (Phi) is 3.29. The van der Waals surface area contributed by atoms with E-state index in [0.29, 0.717) is 24.3 Å². The Labute approximate surface area is 144 Å². The van der Waals surface area contributed by atoms with Gasteiger partial charge >= 0.3 is 0 Å². The van der Waals surface area contributed by atoms with Crippen molar-refractivity contribution in [1.29, 1.82) is 0 Å². The van der Waals surface area contributed by atoms with Crippen LogP contribution in [0.5, 0.6) is 0 Å². The van der Waals surface area contributed by atoms with Gasteiger partial charge in [0.15, 0.2) is 0 Å². The van der Waals surface area contributed by atoms with Crippen LogP contribution in [0.25, 0.3) is 0 Å². The van der Waals surface area contributed by atoms with Gasteiger partial charge in [0.2, 0.25) is 0 Å². The molecule has 2 bridgehead atoms. The highest BCUT2D eigenvalue weighted by Crippen LogP contribution is 2.71. The topological polar surface area (TPSA) is 77.8 Å². The number of fused-ring (bicyclic) bond motifs is 3. The highest BCUT2D eigenvalue weighted by molar-refractivity contribution is 5.87. The zero-order chi connectivity index (χ0) is 17.7. The zero-order valence-corrected chi connectivity index (χ0v) is 15.0. The predicted octanol–water partition coefficient (Wildman–Crippen LogP) is 2.07. The second-order valence-corrected chi connectivity index (χ2v) is 9.71. The third-order valence-electron chi connectivity index (χ3n) is 8.70. The predicted molar refractivity (Wildman–Crippen MR) is 90.0 cm³/mol. The van der Waals surface area contributed by atoms with Crippen LogP contribution in [0, 0.1) is 34.0 Å². The Morgan fingerprint density at radius 3 is 2.38 bits per heavy atom. The molecule has 0 aromatic rings. The Morgan fingerprint density at radius 1 is 1.04 bits per heavy atom. The summed E-state index contributed by atoms with van der Waals surface area (Å²) < 4.78 is 0. The lowest BCUT2D eigenvalue weighted by molar-refractivity contribution is -0.220. The molecule has 24 heavy (non-hydrogen) atoms. The number of hydrogen-bond donors (Lipinski definition) is 3. The van der Waals surface area contributed by atoms with E-state index in [4.69, 9.17) is 0 Å². The van der Waals surface area contributed by atoms with Gasteiger partial charge in [-0.05, 0) is 53.9 Å². The number of aliphatic hydroxyl groups excluding tert-OH is 3. The van der Waals surface area contributed by atoms with E-state index in [1.54, 1.807) is 0 Å². The van der Waals surface area contributed by atoms with E-state index in [9.17, 15) is 20.1 Å². The highest BCUT2D eigenvalue weighted by Gasteiger charge is 2.72. The van der Waals surface area contributed by atoms with E-state index in [2.05, 4.69) is 27.4 Å². The van der Waals surface area contributed by atoms with Crippen LogP contribution in [0.2, 0.25) is 0 Å². The minimum atomic E-state index is -0.806. The lowest BCUT2D eigenvalue weighted by Crippen LogP contribution is -2.65. The number of hydrogen-bond acceptors (Lipinski definition) is 4. The second-order valence-electron chi connectivity index (χ2n) is 9.71. The Bertz CT molecular complexity index is 611. The van der Waals surface area contributed by atoms with Crippen molar-refractivity contribution >= 4 is 5.78 Å². The summed E-state index contributed by atoms with van der Waals surface area (Å²) in [7, 11) is 0. The van der Waals surface area contributed by atoms with Crippen molar-refractivity contribution < 1.29 is 20.1 Å². The maximum absolute atomic E-state index is 12.7. The average Bonchev–Trinajstić information content (AvgIpc) is 2.63. The van der Waals surface area contributed by atoms with Gasteiger partial charge in [0.1, 0.15) is 5.78 Å². The van der Waals surface area contributed by atoms with Crippen LogP contribution in [0.3, 0.4) is 0 Å². The Morgan fingerprint density at radius 2 is 1.71 bits per heavy atom. The quantitative estimate of drug-likeness (QED) is 0.593. The van der Waals surface area contributed by atoms with Crippen molar-refractivity contribution in [2.75, 3.05) is 0 Å². The summed E-state index contributed by atoms with van der Waals surface area (Å²) in [6, 6.07) is 0. The van der Waals surface area contributed by atoms with E-state index in [1.807, 2.05) is 0 Å². The third-order valence-corrected chi connectivity index (χ3v) is 8.70. The van der Waals surface area contributed by atoms with Crippen LogP contribution in [0.15, 0.2) is 12.2 Å². The highest BCUT2D eigenvalue weighted by atomic mass is 16.3. The van der Waals surface area contributed by atoms with Crippen LogP contribution in [-0.4, -0.2) is 39.4 Å². The summed E-state index contributed by atoms with van der Waals surface area (Å²) in [6.07, 6.45) is 1.65. The van der Waals surface area contributed by atoms with E-state index in [-0.39, 0.29) is 28.6 Å². The van der Waals surface area contributed by atoms with E-state index in [1.165, 1.54) is 0 Å². The van der Waals surface area contributed by atoms with Gasteiger partial charge < -0.3 is 15.3 Å². The molecule has 4 heteroatoms. The van der Waals surface area contributed by atoms with Gasteiger partial charge in [-0.1, -0.05) is 27.4 Å². The molecular formula is C20H30O4. The van der Waals surface area contributed by atoms with Gasteiger partial charge in [0.05, 0.1) is 24.2 Å². The first kappa shape index (κ1) is 16.7. The van der Waals surface area contributed by atoms with Crippen molar-refractivity contribution in [2.24, 2.45) is 34.0 Å². The molecule has 8 atom stereocenters. The minimum Gasteiger partial charge on any atom is -0.393 e. The maximum atomic E-state index is 12.7. The van der Waals surface area contributed by atoms with Crippen LogP contribution >= 0.6 is 0 Å². The number of rotatable bonds is 0. The van der Waals surface area contributed by atoms with Crippen molar-refractivity contribution in [3.63, 3.8) is 0 Å². The molecule has 8 unspecified atom stereocenters. The second kappa shape index (κ2) is 4.72. The number of aliphatic hydroxyl groups is 3. The molecule has 0 saturated heterocycles. The molecule has 4 nitrogen and oxygen atoms in total. The molecule has 0 aromatic carbocycles.